The highest BCUT2D eigenvalue weighted by molar-refractivity contribution is 5.20. The van der Waals surface area contributed by atoms with Gasteiger partial charge in [-0.3, -0.25) is 0 Å². The van der Waals surface area contributed by atoms with Gasteiger partial charge in [0.15, 0.2) is 0 Å². The van der Waals surface area contributed by atoms with Gasteiger partial charge >= 0.3 is 0 Å². The Balaban J connectivity index is 2.88. The maximum atomic E-state index is 13.1. The topological polar surface area (TPSA) is 46.2 Å². The summed E-state index contributed by atoms with van der Waals surface area (Å²) < 4.78 is 13.1. The largest absolute Gasteiger partial charge is 0.388 e. The van der Waals surface area contributed by atoms with E-state index < -0.39 is 6.10 Å². The van der Waals surface area contributed by atoms with E-state index in [9.17, 15) is 9.50 Å². The Bertz CT molecular complexity index is 277. The zero-order valence-electron chi connectivity index (χ0n) is 7.57. The first-order valence-corrected chi connectivity index (χ1v) is 4.29. The molecule has 2 unspecified atom stereocenters. The van der Waals surface area contributed by atoms with Crippen LogP contribution in [0.2, 0.25) is 0 Å². The number of aliphatic hydroxyl groups is 1. The zero-order chi connectivity index (χ0) is 9.84. The van der Waals surface area contributed by atoms with Crippen LogP contribution in [0.15, 0.2) is 24.3 Å². The molecule has 2 atom stereocenters. The molecule has 0 radical (unpaired) electrons. The van der Waals surface area contributed by atoms with Gasteiger partial charge in [0.2, 0.25) is 0 Å². The molecule has 72 valence electrons. The van der Waals surface area contributed by atoms with Gasteiger partial charge in [0.1, 0.15) is 5.82 Å². The molecule has 0 heterocycles. The highest BCUT2D eigenvalue weighted by Gasteiger charge is 2.17. The smallest absolute Gasteiger partial charge is 0.129 e. The Morgan fingerprint density at radius 2 is 2.08 bits per heavy atom. The van der Waals surface area contributed by atoms with Crippen LogP contribution in [0, 0.1) is 11.7 Å². The Morgan fingerprint density at radius 3 is 2.62 bits per heavy atom. The number of benzene rings is 1. The summed E-state index contributed by atoms with van der Waals surface area (Å²) in [5.74, 6) is -0.507. The number of aliphatic hydroxyl groups excluding tert-OH is 1. The Labute approximate surface area is 77.2 Å². The lowest BCUT2D eigenvalue weighted by molar-refractivity contribution is 0.118. The first-order valence-electron chi connectivity index (χ1n) is 4.29. The van der Waals surface area contributed by atoms with Crippen LogP contribution in [0.25, 0.3) is 0 Å². The summed E-state index contributed by atoms with van der Waals surface area (Å²) in [5.41, 5.74) is 5.70. The van der Waals surface area contributed by atoms with Crippen molar-refractivity contribution < 1.29 is 9.50 Å². The number of halogens is 1. The monoisotopic (exact) mass is 183 g/mol. The molecule has 3 heteroatoms. The minimum absolute atomic E-state index is 0.128. The quantitative estimate of drug-likeness (QED) is 0.745. The van der Waals surface area contributed by atoms with E-state index in [2.05, 4.69) is 0 Å². The molecule has 0 amide bonds. The lowest BCUT2D eigenvalue weighted by Crippen LogP contribution is -2.19. The van der Waals surface area contributed by atoms with Crippen molar-refractivity contribution in [3.8, 4) is 0 Å². The number of hydrogen-bond donors (Lipinski definition) is 2. The molecule has 0 aromatic heterocycles. The molecule has 0 aliphatic heterocycles. The predicted octanol–water partition coefficient (Wildman–Crippen LogP) is 1.45. The van der Waals surface area contributed by atoms with E-state index in [4.69, 9.17) is 5.73 Å². The molecule has 0 aliphatic rings. The highest BCUT2D eigenvalue weighted by atomic mass is 19.1. The highest BCUT2D eigenvalue weighted by Crippen LogP contribution is 2.22. The van der Waals surface area contributed by atoms with Crippen LogP contribution in [0.1, 0.15) is 18.6 Å². The van der Waals surface area contributed by atoms with Gasteiger partial charge in [-0.1, -0.05) is 25.1 Å². The summed E-state index contributed by atoms with van der Waals surface area (Å²) in [4.78, 5) is 0. The second-order valence-electron chi connectivity index (χ2n) is 3.18. The Kier molecular flexibility index (Phi) is 3.39. The molecule has 0 saturated carbocycles. The molecule has 1 aromatic rings. The van der Waals surface area contributed by atoms with Crippen LogP contribution in [0.5, 0.6) is 0 Å². The number of nitrogens with two attached hydrogens (primary N) is 1. The molecular formula is C10H14FNO. The molecule has 3 N–H and O–H groups in total. The zero-order valence-corrected chi connectivity index (χ0v) is 7.57. The first kappa shape index (κ1) is 10.2. The minimum Gasteiger partial charge on any atom is -0.388 e. The third-order valence-electron chi connectivity index (χ3n) is 2.13. The summed E-state index contributed by atoms with van der Waals surface area (Å²) in [6.45, 7) is 2.13. The van der Waals surface area contributed by atoms with Crippen molar-refractivity contribution >= 4 is 0 Å². The van der Waals surface area contributed by atoms with Crippen molar-refractivity contribution in [3.05, 3.63) is 35.6 Å². The van der Waals surface area contributed by atoms with E-state index in [0.29, 0.717) is 12.1 Å². The summed E-state index contributed by atoms with van der Waals surface area (Å²) >= 11 is 0. The molecule has 2 nitrogen and oxygen atoms in total. The van der Waals surface area contributed by atoms with Gasteiger partial charge in [0.25, 0.3) is 0 Å². The van der Waals surface area contributed by atoms with Crippen LogP contribution in [-0.2, 0) is 0 Å². The maximum absolute atomic E-state index is 13.1. The number of hydrogen-bond acceptors (Lipinski definition) is 2. The molecule has 0 fully saturated rings. The van der Waals surface area contributed by atoms with Gasteiger partial charge in [-0.05, 0) is 18.5 Å². The molecule has 13 heavy (non-hydrogen) atoms. The van der Waals surface area contributed by atoms with Gasteiger partial charge < -0.3 is 10.8 Å². The molecule has 0 aliphatic carbocycles. The minimum atomic E-state index is -0.814. The average Bonchev–Trinajstić information content (AvgIpc) is 2.16. The Morgan fingerprint density at radius 1 is 1.46 bits per heavy atom. The fraction of sp³-hybridized carbons (Fsp3) is 0.400. The van der Waals surface area contributed by atoms with Gasteiger partial charge in [-0.2, -0.15) is 0 Å². The van der Waals surface area contributed by atoms with E-state index in [1.807, 2.05) is 0 Å². The van der Waals surface area contributed by atoms with E-state index in [0.717, 1.165) is 0 Å². The van der Waals surface area contributed by atoms with E-state index in [1.54, 1.807) is 25.1 Å². The van der Waals surface area contributed by atoms with Gasteiger partial charge in [0, 0.05) is 5.56 Å². The number of rotatable bonds is 3. The van der Waals surface area contributed by atoms with Crippen LogP contribution in [-0.4, -0.2) is 11.7 Å². The average molecular weight is 183 g/mol. The lowest BCUT2D eigenvalue weighted by Gasteiger charge is -2.17. The summed E-state index contributed by atoms with van der Waals surface area (Å²) in [5, 5.41) is 9.65. The molecule has 0 spiro atoms. The molecule has 1 aromatic carbocycles. The normalized spacial score (nSPS) is 15.4. The molecule has 0 bridgehead atoms. The van der Waals surface area contributed by atoms with Gasteiger partial charge in [-0.25, -0.2) is 4.39 Å². The summed E-state index contributed by atoms with van der Waals surface area (Å²) in [7, 11) is 0. The summed E-state index contributed by atoms with van der Waals surface area (Å²) in [6.07, 6.45) is -0.814. The second-order valence-corrected chi connectivity index (χ2v) is 3.18. The van der Waals surface area contributed by atoms with Crippen molar-refractivity contribution in [2.24, 2.45) is 11.7 Å². The lowest BCUT2D eigenvalue weighted by atomic mass is 9.97. The van der Waals surface area contributed by atoms with Crippen molar-refractivity contribution in [1.82, 2.24) is 0 Å². The molecular weight excluding hydrogens is 169 g/mol. The van der Waals surface area contributed by atoms with E-state index in [1.165, 1.54) is 6.07 Å². The van der Waals surface area contributed by atoms with Crippen LogP contribution < -0.4 is 5.73 Å². The van der Waals surface area contributed by atoms with E-state index in [-0.39, 0.29) is 11.7 Å². The third-order valence-corrected chi connectivity index (χ3v) is 2.13. The Hall–Kier alpha value is -0.930. The third kappa shape index (κ3) is 2.26. The SMILES string of the molecule is CC(CN)C(O)c1ccccc1F. The summed E-state index contributed by atoms with van der Waals surface area (Å²) in [6, 6.07) is 6.21. The second kappa shape index (κ2) is 4.35. The van der Waals surface area contributed by atoms with Crippen LogP contribution in [0.3, 0.4) is 0 Å². The van der Waals surface area contributed by atoms with Crippen molar-refractivity contribution in [3.63, 3.8) is 0 Å². The van der Waals surface area contributed by atoms with E-state index >= 15 is 0 Å². The molecule has 1 rings (SSSR count). The van der Waals surface area contributed by atoms with Crippen molar-refractivity contribution in [2.75, 3.05) is 6.54 Å². The predicted molar refractivity (Wildman–Crippen MR) is 49.6 cm³/mol. The van der Waals surface area contributed by atoms with Crippen molar-refractivity contribution in [2.45, 2.75) is 13.0 Å². The van der Waals surface area contributed by atoms with Crippen LogP contribution >= 0.6 is 0 Å². The maximum Gasteiger partial charge on any atom is 0.129 e. The first-order chi connectivity index (χ1) is 6.16. The van der Waals surface area contributed by atoms with Gasteiger partial charge in [-0.15, -0.1) is 0 Å². The fourth-order valence-corrected chi connectivity index (χ4v) is 1.15. The standard InChI is InChI=1S/C10H14FNO/c1-7(6-12)10(13)8-4-2-3-5-9(8)11/h2-5,7,10,13H,6,12H2,1H3. The van der Waals surface area contributed by atoms with Crippen LogP contribution in [0.4, 0.5) is 4.39 Å². The molecule has 0 saturated heterocycles. The van der Waals surface area contributed by atoms with Gasteiger partial charge in [0.05, 0.1) is 6.10 Å². The fourth-order valence-electron chi connectivity index (χ4n) is 1.15. The van der Waals surface area contributed by atoms with Crippen molar-refractivity contribution in [1.29, 1.82) is 0 Å².